The maximum atomic E-state index is 11.3. The van der Waals surface area contributed by atoms with E-state index in [9.17, 15) is 4.79 Å². The zero-order valence-corrected chi connectivity index (χ0v) is 12.3. The van der Waals surface area contributed by atoms with Crippen LogP contribution in [-0.2, 0) is 0 Å². The Hall–Kier alpha value is -2.45. The lowest BCUT2D eigenvalue weighted by Crippen LogP contribution is -2.29. The van der Waals surface area contributed by atoms with Crippen molar-refractivity contribution in [3.63, 3.8) is 0 Å². The molecule has 0 aliphatic heterocycles. The molecule has 0 spiro atoms. The smallest absolute Gasteiger partial charge is 0.265 e. The molecule has 0 unspecified atom stereocenters. The zero-order valence-electron chi connectivity index (χ0n) is 10.7. The molecule has 4 N–H and O–H groups in total. The van der Waals surface area contributed by atoms with E-state index < -0.39 is 0 Å². The lowest BCUT2D eigenvalue weighted by atomic mass is 10.2. The van der Waals surface area contributed by atoms with E-state index in [1.54, 1.807) is 28.8 Å². The van der Waals surface area contributed by atoms with E-state index in [-0.39, 0.29) is 5.91 Å². The fourth-order valence-electron chi connectivity index (χ4n) is 1.84. The van der Waals surface area contributed by atoms with Gasteiger partial charge in [0.15, 0.2) is 5.65 Å². The molecule has 106 valence electrons. The number of fused-ring (bicyclic) bond motifs is 1. The molecule has 2 aromatic heterocycles. The van der Waals surface area contributed by atoms with Crippen molar-refractivity contribution in [2.45, 2.75) is 0 Å². The highest BCUT2D eigenvalue weighted by Gasteiger charge is 2.07. The topological polar surface area (TPSA) is 97.3 Å². The number of rotatable bonds is 3. The summed E-state index contributed by atoms with van der Waals surface area (Å²) in [6.07, 6.45) is 1.81. The number of halogens is 1. The van der Waals surface area contributed by atoms with Crippen LogP contribution >= 0.6 is 15.9 Å². The van der Waals surface area contributed by atoms with Crippen LogP contribution in [0.25, 0.3) is 5.65 Å². The van der Waals surface area contributed by atoms with Gasteiger partial charge < -0.3 is 5.32 Å². The summed E-state index contributed by atoms with van der Waals surface area (Å²) >= 11 is 3.42. The van der Waals surface area contributed by atoms with Crippen molar-refractivity contribution < 1.29 is 4.79 Å². The number of nitrogen functional groups attached to an aromatic ring is 1. The van der Waals surface area contributed by atoms with Gasteiger partial charge in [0.2, 0.25) is 5.95 Å². The van der Waals surface area contributed by atoms with Crippen molar-refractivity contribution >= 4 is 39.1 Å². The van der Waals surface area contributed by atoms with Crippen molar-refractivity contribution in [1.82, 2.24) is 20.0 Å². The second-order valence-electron chi connectivity index (χ2n) is 4.24. The third-order valence-electron chi connectivity index (χ3n) is 2.85. The van der Waals surface area contributed by atoms with Gasteiger partial charge in [0, 0.05) is 17.4 Å². The predicted octanol–water partition coefficient (Wildman–Crippen LogP) is 1.84. The number of anilines is 2. The van der Waals surface area contributed by atoms with Crippen LogP contribution < -0.4 is 16.6 Å². The Morgan fingerprint density at radius 1 is 1.24 bits per heavy atom. The van der Waals surface area contributed by atoms with Crippen LogP contribution in [0.2, 0.25) is 0 Å². The first-order valence-electron chi connectivity index (χ1n) is 6.06. The molecule has 8 heteroatoms. The molecule has 0 saturated heterocycles. The van der Waals surface area contributed by atoms with Crippen molar-refractivity contribution in [3.05, 3.63) is 52.6 Å². The molecular weight excluding hydrogens is 336 g/mol. The third-order valence-corrected chi connectivity index (χ3v) is 3.47. The average Bonchev–Trinajstić information content (AvgIpc) is 2.91. The first-order chi connectivity index (χ1) is 10.2. The number of pyridine rings is 1. The Kier molecular flexibility index (Phi) is 3.55. The number of nitrogens with zero attached hydrogens (tertiary/aromatic N) is 3. The Bertz CT molecular complexity index is 798. The molecule has 0 bridgehead atoms. The van der Waals surface area contributed by atoms with E-state index in [2.05, 4.69) is 36.8 Å². The van der Waals surface area contributed by atoms with Crippen LogP contribution in [0.4, 0.5) is 11.6 Å². The number of carbonyl (C=O) groups excluding carboxylic acids is 1. The fraction of sp³-hybridized carbons (Fsp3) is 0. The SMILES string of the molecule is NNC(=O)c1ccc(Nc2nc3c(Br)cccn3n2)cc1. The van der Waals surface area contributed by atoms with Gasteiger partial charge in [-0.3, -0.25) is 10.2 Å². The summed E-state index contributed by atoms with van der Waals surface area (Å²) in [5.41, 5.74) is 4.06. The molecular formula is C13H11BrN6O. The lowest BCUT2D eigenvalue weighted by Gasteiger charge is -2.03. The van der Waals surface area contributed by atoms with E-state index in [1.807, 2.05) is 18.3 Å². The molecule has 3 rings (SSSR count). The van der Waals surface area contributed by atoms with E-state index >= 15 is 0 Å². The minimum absolute atomic E-state index is 0.337. The quantitative estimate of drug-likeness (QED) is 0.382. The molecule has 1 amide bonds. The monoisotopic (exact) mass is 346 g/mol. The van der Waals surface area contributed by atoms with Gasteiger partial charge in [0.25, 0.3) is 5.91 Å². The number of hydrogen-bond donors (Lipinski definition) is 3. The average molecular weight is 347 g/mol. The highest BCUT2D eigenvalue weighted by atomic mass is 79.9. The molecule has 21 heavy (non-hydrogen) atoms. The molecule has 0 radical (unpaired) electrons. The molecule has 0 aliphatic rings. The van der Waals surface area contributed by atoms with Gasteiger partial charge in [0.05, 0.1) is 4.47 Å². The van der Waals surface area contributed by atoms with Crippen LogP contribution in [0.3, 0.4) is 0 Å². The van der Waals surface area contributed by atoms with E-state index in [4.69, 9.17) is 5.84 Å². The summed E-state index contributed by atoms with van der Waals surface area (Å²) in [7, 11) is 0. The van der Waals surface area contributed by atoms with Crippen molar-refractivity contribution in [2.24, 2.45) is 5.84 Å². The van der Waals surface area contributed by atoms with E-state index in [0.717, 1.165) is 15.8 Å². The Labute approximate surface area is 128 Å². The van der Waals surface area contributed by atoms with Gasteiger partial charge in [0.1, 0.15) is 0 Å². The minimum atomic E-state index is -0.337. The number of nitrogens with two attached hydrogens (primary N) is 1. The molecule has 3 aromatic rings. The Morgan fingerprint density at radius 3 is 2.67 bits per heavy atom. The molecule has 0 aliphatic carbocycles. The summed E-state index contributed by atoms with van der Waals surface area (Å²) in [4.78, 5) is 15.7. The number of amides is 1. The largest absolute Gasteiger partial charge is 0.323 e. The van der Waals surface area contributed by atoms with E-state index in [0.29, 0.717) is 11.5 Å². The van der Waals surface area contributed by atoms with E-state index in [1.165, 1.54) is 0 Å². The van der Waals surface area contributed by atoms with Crippen LogP contribution in [0.15, 0.2) is 47.1 Å². The minimum Gasteiger partial charge on any atom is -0.323 e. The summed E-state index contributed by atoms with van der Waals surface area (Å²) in [5, 5.41) is 7.39. The number of nitrogens with one attached hydrogen (secondary N) is 2. The van der Waals surface area contributed by atoms with Gasteiger partial charge in [-0.2, -0.15) is 4.98 Å². The van der Waals surface area contributed by atoms with Crippen LogP contribution in [0, 0.1) is 0 Å². The van der Waals surface area contributed by atoms with Gasteiger partial charge >= 0.3 is 0 Å². The first-order valence-corrected chi connectivity index (χ1v) is 6.85. The Balaban J connectivity index is 1.85. The summed E-state index contributed by atoms with van der Waals surface area (Å²) < 4.78 is 2.53. The van der Waals surface area contributed by atoms with Crippen LogP contribution in [0.5, 0.6) is 0 Å². The van der Waals surface area contributed by atoms with Crippen molar-refractivity contribution in [1.29, 1.82) is 0 Å². The maximum absolute atomic E-state index is 11.3. The van der Waals surface area contributed by atoms with Crippen LogP contribution in [-0.4, -0.2) is 20.5 Å². The number of aromatic nitrogens is 3. The van der Waals surface area contributed by atoms with Gasteiger partial charge in [-0.25, -0.2) is 10.4 Å². The highest BCUT2D eigenvalue weighted by molar-refractivity contribution is 9.10. The third kappa shape index (κ3) is 2.71. The van der Waals surface area contributed by atoms with Gasteiger partial charge in [-0.05, 0) is 52.3 Å². The van der Waals surface area contributed by atoms with Crippen molar-refractivity contribution in [3.8, 4) is 0 Å². The van der Waals surface area contributed by atoms with Gasteiger partial charge in [-0.1, -0.05) is 0 Å². The highest BCUT2D eigenvalue weighted by Crippen LogP contribution is 2.19. The normalized spacial score (nSPS) is 10.6. The van der Waals surface area contributed by atoms with Crippen LogP contribution in [0.1, 0.15) is 10.4 Å². The maximum Gasteiger partial charge on any atom is 0.265 e. The summed E-state index contributed by atoms with van der Waals surface area (Å²) in [6, 6.07) is 10.6. The number of hydrazine groups is 1. The molecule has 2 heterocycles. The predicted molar refractivity (Wildman–Crippen MR) is 82.1 cm³/mol. The number of benzene rings is 1. The molecule has 7 nitrogen and oxygen atoms in total. The fourth-order valence-corrected chi connectivity index (χ4v) is 2.27. The lowest BCUT2D eigenvalue weighted by molar-refractivity contribution is 0.0953. The molecule has 0 saturated carbocycles. The van der Waals surface area contributed by atoms with Gasteiger partial charge in [-0.15, -0.1) is 5.10 Å². The standard InChI is InChI=1S/C13H11BrN6O/c14-10-2-1-7-20-11(10)17-13(19-20)16-9-5-3-8(4-6-9)12(21)18-15/h1-7H,15H2,(H,16,19)(H,18,21). The molecule has 0 fully saturated rings. The number of carbonyl (C=O) groups is 1. The second-order valence-corrected chi connectivity index (χ2v) is 5.09. The Morgan fingerprint density at radius 2 is 2.00 bits per heavy atom. The summed E-state index contributed by atoms with van der Waals surface area (Å²) in [5.74, 6) is 5.21. The molecule has 0 atom stereocenters. The zero-order chi connectivity index (χ0) is 14.8. The molecule has 1 aromatic carbocycles. The summed E-state index contributed by atoms with van der Waals surface area (Å²) in [6.45, 7) is 0. The first kappa shape index (κ1) is 13.5. The number of hydrogen-bond acceptors (Lipinski definition) is 5. The van der Waals surface area contributed by atoms with Crippen molar-refractivity contribution in [2.75, 3.05) is 5.32 Å². The second kappa shape index (κ2) is 5.51.